The smallest absolute Gasteiger partial charge is 0.372 e. The Morgan fingerprint density at radius 3 is 2.19 bits per heavy atom. The highest BCUT2D eigenvalue weighted by molar-refractivity contribution is 5.65. The monoisotopic (exact) mass is 500 g/mol. The van der Waals surface area contributed by atoms with Gasteiger partial charge in [-0.2, -0.15) is 13.2 Å². The normalized spacial score (nSPS) is 20.6. The SMILES string of the molecule is NC1c2nc(-c3ccc(F)cc3)ccc2N(Cc2ccc(N3CCCC3)cc2)C(N)N1CC(F)(F)F. The summed E-state index contributed by atoms with van der Waals surface area (Å²) in [6.45, 7) is 1.06. The molecule has 0 spiro atoms. The van der Waals surface area contributed by atoms with Gasteiger partial charge in [0.25, 0.3) is 0 Å². The van der Waals surface area contributed by atoms with Gasteiger partial charge >= 0.3 is 6.18 Å². The van der Waals surface area contributed by atoms with E-state index < -0.39 is 31.0 Å². The summed E-state index contributed by atoms with van der Waals surface area (Å²) in [5.74, 6) is -0.391. The largest absolute Gasteiger partial charge is 0.401 e. The molecule has 2 aromatic carbocycles. The molecule has 6 nitrogen and oxygen atoms in total. The Hall–Kier alpha value is -3.21. The van der Waals surface area contributed by atoms with Gasteiger partial charge in [0.2, 0.25) is 0 Å². The van der Waals surface area contributed by atoms with Crippen molar-refractivity contribution in [1.82, 2.24) is 9.88 Å². The fourth-order valence-electron chi connectivity index (χ4n) is 4.91. The van der Waals surface area contributed by atoms with E-state index in [1.54, 1.807) is 29.2 Å². The Kier molecular flexibility index (Phi) is 6.59. The maximum atomic E-state index is 13.5. The molecule has 3 aromatic rings. The minimum Gasteiger partial charge on any atom is -0.372 e. The second-order valence-corrected chi connectivity index (χ2v) is 9.24. The van der Waals surface area contributed by atoms with Crippen LogP contribution in [0.5, 0.6) is 0 Å². The van der Waals surface area contributed by atoms with Gasteiger partial charge in [-0.05, 0) is 66.9 Å². The van der Waals surface area contributed by atoms with Crippen LogP contribution in [-0.2, 0) is 6.54 Å². The number of anilines is 2. The molecule has 4 N–H and O–H groups in total. The van der Waals surface area contributed by atoms with Crippen LogP contribution in [0, 0.1) is 5.82 Å². The number of aromatic nitrogens is 1. The number of nitrogens with two attached hydrogens (primary N) is 2. The molecule has 5 rings (SSSR count). The number of fused-ring (bicyclic) bond motifs is 1. The molecular weight excluding hydrogens is 472 g/mol. The lowest BCUT2D eigenvalue weighted by Crippen LogP contribution is -2.62. The second-order valence-electron chi connectivity index (χ2n) is 9.24. The Balaban J connectivity index is 1.49. The maximum absolute atomic E-state index is 13.5. The summed E-state index contributed by atoms with van der Waals surface area (Å²) in [4.78, 5) is 9.62. The van der Waals surface area contributed by atoms with Gasteiger partial charge in [-0.1, -0.05) is 12.1 Å². The molecule has 2 atom stereocenters. The fourth-order valence-corrected chi connectivity index (χ4v) is 4.91. The molecule has 2 unspecified atom stereocenters. The van der Waals surface area contributed by atoms with E-state index in [0.29, 0.717) is 16.9 Å². The van der Waals surface area contributed by atoms with Crippen molar-refractivity contribution in [2.24, 2.45) is 11.5 Å². The first-order valence-corrected chi connectivity index (χ1v) is 11.9. The Morgan fingerprint density at radius 1 is 0.889 bits per heavy atom. The van der Waals surface area contributed by atoms with Crippen LogP contribution < -0.4 is 21.3 Å². The summed E-state index contributed by atoms with van der Waals surface area (Å²) < 4.78 is 53.8. The van der Waals surface area contributed by atoms with Crippen molar-refractivity contribution in [3.8, 4) is 11.3 Å². The third kappa shape index (κ3) is 5.02. The van der Waals surface area contributed by atoms with Crippen molar-refractivity contribution >= 4 is 11.4 Å². The van der Waals surface area contributed by atoms with Crippen molar-refractivity contribution in [1.29, 1.82) is 0 Å². The molecular formula is C26H28F4N6. The molecule has 190 valence electrons. The van der Waals surface area contributed by atoms with Crippen molar-refractivity contribution in [3.05, 3.63) is 77.7 Å². The van der Waals surface area contributed by atoms with Gasteiger partial charge in [0.1, 0.15) is 18.3 Å². The Labute approximate surface area is 207 Å². The van der Waals surface area contributed by atoms with E-state index in [-0.39, 0.29) is 12.2 Å². The molecule has 36 heavy (non-hydrogen) atoms. The van der Waals surface area contributed by atoms with Gasteiger partial charge in [0.15, 0.2) is 0 Å². The average molecular weight is 501 g/mol. The van der Waals surface area contributed by atoms with Crippen molar-refractivity contribution in [3.63, 3.8) is 0 Å². The third-order valence-electron chi connectivity index (χ3n) is 6.77. The van der Waals surface area contributed by atoms with Gasteiger partial charge in [-0.3, -0.25) is 5.73 Å². The topological polar surface area (TPSA) is 74.6 Å². The van der Waals surface area contributed by atoms with Crippen LogP contribution in [0.1, 0.15) is 30.3 Å². The van der Waals surface area contributed by atoms with E-state index in [2.05, 4.69) is 9.88 Å². The van der Waals surface area contributed by atoms with E-state index in [1.807, 2.05) is 24.3 Å². The van der Waals surface area contributed by atoms with E-state index in [0.717, 1.165) is 29.2 Å². The van der Waals surface area contributed by atoms with Crippen LogP contribution in [0.15, 0.2) is 60.7 Å². The van der Waals surface area contributed by atoms with E-state index >= 15 is 0 Å². The van der Waals surface area contributed by atoms with Gasteiger partial charge in [-0.15, -0.1) is 0 Å². The molecule has 1 saturated heterocycles. The van der Waals surface area contributed by atoms with Crippen LogP contribution in [0.2, 0.25) is 0 Å². The van der Waals surface area contributed by atoms with Crippen LogP contribution >= 0.6 is 0 Å². The van der Waals surface area contributed by atoms with Crippen molar-refractivity contribution < 1.29 is 17.6 Å². The summed E-state index contributed by atoms with van der Waals surface area (Å²) >= 11 is 0. The highest BCUT2D eigenvalue weighted by Crippen LogP contribution is 2.38. The van der Waals surface area contributed by atoms with Crippen LogP contribution in [0.25, 0.3) is 11.3 Å². The lowest BCUT2D eigenvalue weighted by molar-refractivity contribution is -0.158. The quantitative estimate of drug-likeness (QED) is 0.500. The Bertz CT molecular complexity index is 1190. The number of halogens is 4. The highest BCUT2D eigenvalue weighted by atomic mass is 19.4. The zero-order valence-corrected chi connectivity index (χ0v) is 19.6. The molecule has 2 aliphatic rings. The summed E-state index contributed by atoms with van der Waals surface area (Å²) in [6, 6.07) is 17.3. The van der Waals surface area contributed by atoms with E-state index in [1.165, 1.54) is 25.0 Å². The zero-order valence-electron chi connectivity index (χ0n) is 19.6. The van der Waals surface area contributed by atoms with E-state index in [9.17, 15) is 17.6 Å². The number of hydrogen-bond acceptors (Lipinski definition) is 6. The fraction of sp³-hybridized carbons (Fsp3) is 0.346. The van der Waals surface area contributed by atoms with Gasteiger partial charge < -0.3 is 15.5 Å². The molecule has 2 aliphatic heterocycles. The molecule has 0 saturated carbocycles. The third-order valence-corrected chi connectivity index (χ3v) is 6.77. The lowest BCUT2D eigenvalue weighted by Gasteiger charge is -2.46. The minimum atomic E-state index is -4.50. The molecule has 1 aromatic heterocycles. The standard InChI is InChI=1S/C26H28F4N6/c27-19-7-5-18(6-8-19)21-11-12-22-23(33-21)24(31)36(16-26(28,29)30)25(32)35(22)15-17-3-9-20(10-4-17)34-13-1-2-14-34/h3-12,24-25H,1-2,13-16,31-32H2. The summed E-state index contributed by atoms with van der Waals surface area (Å²) in [5, 5.41) is 0. The van der Waals surface area contributed by atoms with Crippen LogP contribution in [0.4, 0.5) is 28.9 Å². The van der Waals surface area contributed by atoms with Gasteiger partial charge in [0.05, 0.1) is 23.6 Å². The number of nitrogens with zero attached hydrogens (tertiary/aromatic N) is 4. The average Bonchev–Trinajstić information content (AvgIpc) is 3.40. The first kappa shape index (κ1) is 24.5. The Morgan fingerprint density at radius 2 is 1.56 bits per heavy atom. The highest BCUT2D eigenvalue weighted by Gasteiger charge is 2.42. The molecule has 3 heterocycles. The molecule has 10 heteroatoms. The summed E-state index contributed by atoms with van der Waals surface area (Å²) in [7, 11) is 0. The van der Waals surface area contributed by atoms with Gasteiger partial charge in [-0.25, -0.2) is 14.3 Å². The predicted octanol–water partition coefficient (Wildman–Crippen LogP) is 4.57. The van der Waals surface area contributed by atoms with Crippen LogP contribution in [-0.4, -0.2) is 42.0 Å². The summed E-state index contributed by atoms with van der Waals surface area (Å²) in [5.41, 5.74) is 16.7. The molecule has 0 bridgehead atoms. The molecule has 0 aliphatic carbocycles. The van der Waals surface area contributed by atoms with Crippen molar-refractivity contribution in [2.45, 2.75) is 38.0 Å². The van der Waals surface area contributed by atoms with Crippen molar-refractivity contribution in [2.75, 3.05) is 29.4 Å². The number of rotatable bonds is 5. The predicted molar refractivity (Wildman–Crippen MR) is 131 cm³/mol. The zero-order chi connectivity index (χ0) is 25.4. The number of benzene rings is 2. The second kappa shape index (κ2) is 9.68. The maximum Gasteiger partial charge on any atom is 0.401 e. The minimum absolute atomic E-state index is 0.285. The summed E-state index contributed by atoms with van der Waals surface area (Å²) in [6.07, 6.45) is -4.42. The number of hydrogen-bond donors (Lipinski definition) is 2. The van der Waals surface area contributed by atoms with E-state index in [4.69, 9.17) is 11.5 Å². The van der Waals surface area contributed by atoms with Crippen LogP contribution in [0.3, 0.4) is 0 Å². The van der Waals surface area contributed by atoms with Gasteiger partial charge in [0, 0.05) is 30.9 Å². The molecule has 0 amide bonds. The molecule has 0 radical (unpaired) electrons. The lowest BCUT2D eigenvalue weighted by atomic mass is 10.1. The number of pyridine rings is 1. The molecule has 1 fully saturated rings. The number of alkyl halides is 3. The first-order chi connectivity index (χ1) is 17.2. The first-order valence-electron chi connectivity index (χ1n) is 11.9.